The molecule has 0 aliphatic carbocycles. The number of methoxy groups -OCH3 is 1. The first-order valence-electron chi connectivity index (χ1n) is 10.9. The number of nitrogens with one attached hydrogen (secondary N) is 1. The fraction of sp³-hybridized carbons (Fsp3) is 0.375. The van der Waals surface area contributed by atoms with Gasteiger partial charge in [0.05, 0.1) is 25.0 Å². The molecule has 2 aromatic carbocycles. The van der Waals surface area contributed by atoms with Crippen molar-refractivity contribution in [1.29, 1.82) is 0 Å². The number of amides is 1. The highest BCUT2D eigenvalue weighted by Crippen LogP contribution is 2.29. The van der Waals surface area contributed by atoms with Gasteiger partial charge in [0.25, 0.3) is 0 Å². The van der Waals surface area contributed by atoms with Crippen molar-refractivity contribution in [1.82, 2.24) is 20.1 Å². The van der Waals surface area contributed by atoms with Crippen molar-refractivity contribution in [3.05, 3.63) is 59.1 Å². The van der Waals surface area contributed by atoms with Gasteiger partial charge >= 0.3 is 0 Å². The minimum absolute atomic E-state index is 0.0597. The normalized spacial score (nSPS) is 16.5. The third-order valence-corrected chi connectivity index (χ3v) is 6.84. The molecule has 1 N–H and O–H groups in total. The van der Waals surface area contributed by atoms with Crippen molar-refractivity contribution in [2.75, 3.05) is 13.7 Å². The van der Waals surface area contributed by atoms with Crippen LogP contribution in [0, 0.1) is 0 Å². The molecular weight excluding hydrogens is 460 g/mol. The monoisotopic (exact) mass is 486 g/mol. The maximum Gasteiger partial charge on any atom is 0.233 e. The fourth-order valence-corrected chi connectivity index (χ4v) is 4.64. The fourth-order valence-electron chi connectivity index (χ4n) is 3.63. The van der Waals surface area contributed by atoms with Crippen LogP contribution < -0.4 is 10.1 Å². The first-order chi connectivity index (χ1) is 16.0. The third kappa shape index (κ3) is 6.07. The summed E-state index contributed by atoms with van der Waals surface area (Å²) in [5.74, 6) is 1.47. The van der Waals surface area contributed by atoms with Gasteiger partial charge in [-0.15, -0.1) is 10.2 Å². The molecule has 0 bridgehead atoms. The first kappa shape index (κ1) is 23.6. The van der Waals surface area contributed by atoms with Crippen molar-refractivity contribution in [3.8, 4) is 17.1 Å². The molecule has 2 heterocycles. The van der Waals surface area contributed by atoms with Crippen LogP contribution in [0.15, 0.2) is 53.7 Å². The van der Waals surface area contributed by atoms with E-state index in [1.807, 2.05) is 55.5 Å². The van der Waals surface area contributed by atoms with E-state index in [2.05, 4.69) is 20.1 Å². The second kappa shape index (κ2) is 11.0. The van der Waals surface area contributed by atoms with Crippen LogP contribution in [0.3, 0.4) is 0 Å². The van der Waals surface area contributed by atoms with Crippen LogP contribution in [0.5, 0.6) is 5.75 Å². The number of rotatable bonds is 9. The molecule has 9 heteroatoms. The lowest BCUT2D eigenvalue weighted by Crippen LogP contribution is -2.30. The van der Waals surface area contributed by atoms with E-state index >= 15 is 0 Å². The van der Waals surface area contributed by atoms with Crippen molar-refractivity contribution in [2.45, 2.75) is 49.4 Å². The highest BCUT2D eigenvalue weighted by atomic mass is 35.5. The van der Waals surface area contributed by atoms with E-state index in [1.165, 1.54) is 11.8 Å². The van der Waals surface area contributed by atoms with E-state index in [4.69, 9.17) is 21.1 Å². The van der Waals surface area contributed by atoms with Gasteiger partial charge in [-0.2, -0.15) is 0 Å². The van der Waals surface area contributed by atoms with Gasteiger partial charge in [-0.3, -0.25) is 9.36 Å². The van der Waals surface area contributed by atoms with Gasteiger partial charge in [-0.05, 0) is 61.7 Å². The van der Waals surface area contributed by atoms with E-state index in [9.17, 15) is 4.79 Å². The smallest absolute Gasteiger partial charge is 0.233 e. The molecule has 0 radical (unpaired) electrons. The predicted molar refractivity (Wildman–Crippen MR) is 130 cm³/mol. The Labute approximate surface area is 202 Å². The standard InChI is InChI=1S/C24H27ClN4O3S/c1-16(23(30)26-14-17-5-11-20(31-2)12-6-17)33-24-28-27-22(18-7-9-19(25)10-8-18)29(24)15-21-4-3-13-32-21/h5-12,16,21H,3-4,13-15H2,1-2H3,(H,26,30)/t16-,21-/m1/s1. The summed E-state index contributed by atoms with van der Waals surface area (Å²) in [6.07, 6.45) is 2.17. The molecule has 0 spiro atoms. The molecule has 0 saturated carbocycles. The molecule has 4 rings (SSSR count). The number of nitrogens with zero attached hydrogens (tertiary/aromatic N) is 3. The average Bonchev–Trinajstić information content (AvgIpc) is 3.49. The summed E-state index contributed by atoms with van der Waals surface area (Å²) in [6.45, 7) is 3.75. The summed E-state index contributed by atoms with van der Waals surface area (Å²) in [5, 5.41) is 12.9. The van der Waals surface area contributed by atoms with Crippen LogP contribution in [0.25, 0.3) is 11.4 Å². The molecule has 1 amide bonds. The average molecular weight is 487 g/mol. The van der Waals surface area contributed by atoms with E-state index in [0.29, 0.717) is 23.3 Å². The number of carbonyl (C=O) groups excluding carboxylic acids is 1. The first-order valence-corrected chi connectivity index (χ1v) is 12.2. The Morgan fingerprint density at radius 1 is 1.24 bits per heavy atom. The quantitative estimate of drug-likeness (QED) is 0.446. The van der Waals surface area contributed by atoms with Crippen molar-refractivity contribution in [3.63, 3.8) is 0 Å². The molecule has 1 aliphatic rings. The Morgan fingerprint density at radius 2 is 2.00 bits per heavy atom. The number of hydrogen-bond acceptors (Lipinski definition) is 6. The van der Waals surface area contributed by atoms with E-state index in [0.717, 1.165) is 42.1 Å². The molecule has 174 valence electrons. The van der Waals surface area contributed by atoms with Gasteiger partial charge in [0.1, 0.15) is 5.75 Å². The summed E-state index contributed by atoms with van der Waals surface area (Å²) in [5.41, 5.74) is 1.93. The number of hydrogen-bond donors (Lipinski definition) is 1. The Kier molecular flexibility index (Phi) is 7.90. The Bertz CT molecular complexity index is 1070. The minimum Gasteiger partial charge on any atom is -0.497 e. The van der Waals surface area contributed by atoms with Gasteiger partial charge in [0.2, 0.25) is 5.91 Å². The van der Waals surface area contributed by atoms with Crippen LogP contribution in [0.4, 0.5) is 0 Å². The lowest BCUT2D eigenvalue weighted by Gasteiger charge is -2.16. The third-order valence-electron chi connectivity index (χ3n) is 5.51. The van der Waals surface area contributed by atoms with Crippen molar-refractivity contribution < 1.29 is 14.3 Å². The van der Waals surface area contributed by atoms with Crippen LogP contribution in [0.1, 0.15) is 25.3 Å². The molecule has 1 aliphatic heterocycles. The molecular formula is C24H27ClN4O3S. The maximum absolute atomic E-state index is 12.8. The number of carbonyl (C=O) groups is 1. The molecule has 1 fully saturated rings. The van der Waals surface area contributed by atoms with E-state index in [-0.39, 0.29) is 17.3 Å². The summed E-state index contributed by atoms with van der Waals surface area (Å²) in [6, 6.07) is 15.2. The van der Waals surface area contributed by atoms with Gasteiger partial charge in [0.15, 0.2) is 11.0 Å². The zero-order chi connectivity index (χ0) is 23.2. The van der Waals surface area contributed by atoms with Gasteiger partial charge in [0, 0.05) is 23.7 Å². The summed E-state index contributed by atoms with van der Waals surface area (Å²) in [4.78, 5) is 12.8. The minimum atomic E-state index is -0.339. The summed E-state index contributed by atoms with van der Waals surface area (Å²) < 4.78 is 13.1. The molecule has 1 aromatic heterocycles. The topological polar surface area (TPSA) is 78.3 Å². The number of aromatic nitrogens is 3. The zero-order valence-electron chi connectivity index (χ0n) is 18.7. The SMILES string of the molecule is COc1ccc(CNC(=O)[C@@H](C)Sc2nnc(-c3ccc(Cl)cc3)n2C[C@H]2CCCO2)cc1. The van der Waals surface area contributed by atoms with E-state index in [1.54, 1.807) is 7.11 Å². The maximum atomic E-state index is 12.8. The van der Waals surface area contributed by atoms with E-state index < -0.39 is 0 Å². The number of benzene rings is 2. The lowest BCUT2D eigenvalue weighted by atomic mass is 10.2. The highest BCUT2D eigenvalue weighted by Gasteiger charge is 2.24. The molecule has 1 saturated heterocycles. The molecule has 3 aromatic rings. The zero-order valence-corrected chi connectivity index (χ0v) is 20.2. The van der Waals surface area contributed by atoms with Crippen LogP contribution >= 0.6 is 23.4 Å². The van der Waals surface area contributed by atoms with Crippen LogP contribution in [0.2, 0.25) is 5.02 Å². The Morgan fingerprint density at radius 3 is 2.67 bits per heavy atom. The van der Waals surface area contributed by atoms with Crippen molar-refractivity contribution in [2.24, 2.45) is 0 Å². The van der Waals surface area contributed by atoms with Crippen LogP contribution in [-0.4, -0.2) is 45.7 Å². The second-order valence-corrected chi connectivity index (χ2v) is 9.63. The van der Waals surface area contributed by atoms with Gasteiger partial charge < -0.3 is 14.8 Å². The number of ether oxygens (including phenoxy) is 2. The molecule has 7 nitrogen and oxygen atoms in total. The lowest BCUT2D eigenvalue weighted by molar-refractivity contribution is -0.120. The molecule has 0 unspecified atom stereocenters. The summed E-state index contributed by atoms with van der Waals surface area (Å²) in [7, 11) is 1.63. The Balaban J connectivity index is 1.46. The van der Waals surface area contributed by atoms with Crippen molar-refractivity contribution >= 4 is 29.3 Å². The largest absolute Gasteiger partial charge is 0.497 e. The second-order valence-electron chi connectivity index (χ2n) is 7.88. The van der Waals surface area contributed by atoms with Gasteiger partial charge in [-0.25, -0.2) is 0 Å². The predicted octanol–water partition coefficient (Wildman–Crippen LogP) is 4.58. The van der Waals surface area contributed by atoms with Crippen LogP contribution in [-0.2, 0) is 22.6 Å². The Hall–Kier alpha value is -2.55. The van der Waals surface area contributed by atoms with Gasteiger partial charge in [-0.1, -0.05) is 35.5 Å². The number of halogens is 1. The number of thioether (sulfide) groups is 1. The highest BCUT2D eigenvalue weighted by molar-refractivity contribution is 8.00. The summed E-state index contributed by atoms with van der Waals surface area (Å²) >= 11 is 7.45. The molecule has 33 heavy (non-hydrogen) atoms. The molecule has 2 atom stereocenters.